The number of nitrogen functional groups attached to an aromatic ring is 1. The Balaban J connectivity index is 2.59. The maximum Gasteiger partial charge on any atom is 0.132 e. The van der Waals surface area contributed by atoms with Gasteiger partial charge in [0.25, 0.3) is 0 Å². The summed E-state index contributed by atoms with van der Waals surface area (Å²) in [6, 6.07) is 5.40. The van der Waals surface area contributed by atoms with Crippen molar-refractivity contribution in [3.05, 3.63) is 46.7 Å². The first-order valence-corrected chi connectivity index (χ1v) is 7.13. The molecular weight excluding hydrogens is 293 g/mol. The summed E-state index contributed by atoms with van der Waals surface area (Å²) in [5, 5.41) is 1.01. The molecule has 0 spiro atoms. The predicted octanol–water partition coefficient (Wildman–Crippen LogP) is 4.75. The SMILES string of the molecule is C=CCn1c(C(C)C)nc(-c2ccc(Cl)c(Cl)c2)c1N. The van der Waals surface area contributed by atoms with Crippen LogP contribution < -0.4 is 5.73 Å². The number of halogens is 2. The Kier molecular flexibility index (Phi) is 4.41. The molecule has 2 N–H and O–H groups in total. The summed E-state index contributed by atoms with van der Waals surface area (Å²) in [6.07, 6.45) is 1.81. The highest BCUT2D eigenvalue weighted by Gasteiger charge is 2.18. The summed E-state index contributed by atoms with van der Waals surface area (Å²) in [6.45, 7) is 8.56. The van der Waals surface area contributed by atoms with Crippen molar-refractivity contribution in [3.63, 3.8) is 0 Å². The van der Waals surface area contributed by atoms with Crippen LogP contribution in [0.15, 0.2) is 30.9 Å². The van der Waals surface area contributed by atoms with Crippen LogP contribution in [-0.2, 0) is 6.54 Å². The molecule has 2 aromatic rings. The van der Waals surface area contributed by atoms with Crippen LogP contribution in [0.4, 0.5) is 5.82 Å². The summed E-state index contributed by atoms with van der Waals surface area (Å²) in [4.78, 5) is 4.66. The second kappa shape index (κ2) is 5.90. The van der Waals surface area contributed by atoms with Gasteiger partial charge in [0.1, 0.15) is 17.3 Å². The third-order valence-electron chi connectivity index (χ3n) is 3.06. The molecule has 3 nitrogen and oxygen atoms in total. The van der Waals surface area contributed by atoms with E-state index < -0.39 is 0 Å². The van der Waals surface area contributed by atoms with Gasteiger partial charge >= 0.3 is 0 Å². The van der Waals surface area contributed by atoms with Gasteiger partial charge in [-0.2, -0.15) is 0 Å². The maximum absolute atomic E-state index is 6.22. The Morgan fingerprint density at radius 1 is 1.35 bits per heavy atom. The van der Waals surface area contributed by atoms with Crippen LogP contribution in [0.5, 0.6) is 0 Å². The van der Waals surface area contributed by atoms with Crippen molar-refractivity contribution in [1.82, 2.24) is 9.55 Å². The van der Waals surface area contributed by atoms with Crippen molar-refractivity contribution in [2.75, 3.05) is 5.73 Å². The van der Waals surface area contributed by atoms with Crippen LogP contribution >= 0.6 is 23.2 Å². The van der Waals surface area contributed by atoms with E-state index in [1.165, 1.54) is 0 Å². The van der Waals surface area contributed by atoms with Crippen molar-refractivity contribution in [3.8, 4) is 11.3 Å². The Labute approximate surface area is 129 Å². The molecule has 106 valence electrons. The topological polar surface area (TPSA) is 43.8 Å². The third-order valence-corrected chi connectivity index (χ3v) is 3.80. The third kappa shape index (κ3) is 2.69. The van der Waals surface area contributed by atoms with Crippen molar-refractivity contribution < 1.29 is 0 Å². The largest absolute Gasteiger partial charge is 0.383 e. The number of nitrogens with two attached hydrogens (primary N) is 1. The van der Waals surface area contributed by atoms with Crippen molar-refractivity contribution in [2.45, 2.75) is 26.3 Å². The van der Waals surface area contributed by atoms with E-state index >= 15 is 0 Å². The minimum Gasteiger partial charge on any atom is -0.383 e. The number of anilines is 1. The Morgan fingerprint density at radius 3 is 2.60 bits per heavy atom. The average Bonchev–Trinajstić information content (AvgIpc) is 2.72. The number of hydrogen-bond acceptors (Lipinski definition) is 2. The van der Waals surface area contributed by atoms with Crippen LogP contribution in [0.3, 0.4) is 0 Å². The second-order valence-corrected chi connectivity index (χ2v) is 5.70. The number of benzene rings is 1. The van der Waals surface area contributed by atoms with Crippen molar-refractivity contribution >= 4 is 29.0 Å². The number of aromatic nitrogens is 2. The Morgan fingerprint density at radius 2 is 2.05 bits per heavy atom. The van der Waals surface area contributed by atoms with Gasteiger partial charge in [0.2, 0.25) is 0 Å². The molecule has 0 radical (unpaired) electrons. The predicted molar refractivity (Wildman–Crippen MR) is 86.4 cm³/mol. The standard InChI is InChI=1S/C15H17Cl2N3/c1-4-7-20-14(18)13(19-15(20)9(2)3)10-5-6-11(16)12(17)8-10/h4-6,8-9H,1,7,18H2,2-3H3. The normalized spacial score (nSPS) is 11.1. The molecule has 5 heteroatoms. The minimum absolute atomic E-state index is 0.272. The highest BCUT2D eigenvalue weighted by atomic mass is 35.5. The van der Waals surface area contributed by atoms with Gasteiger partial charge in [0.05, 0.1) is 10.0 Å². The fourth-order valence-corrected chi connectivity index (χ4v) is 2.40. The molecular formula is C15H17Cl2N3. The van der Waals surface area contributed by atoms with Gasteiger partial charge in [0, 0.05) is 18.0 Å². The molecule has 2 rings (SSSR count). The lowest BCUT2D eigenvalue weighted by molar-refractivity contribution is 0.684. The van der Waals surface area contributed by atoms with Gasteiger partial charge in [-0.05, 0) is 12.1 Å². The first kappa shape index (κ1) is 14.9. The highest BCUT2D eigenvalue weighted by molar-refractivity contribution is 6.42. The number of rotatable bonds is 4. The van der Waals surface area contributed by atoms with Crippen LogP contribution in [0.1, 0.15) is 25.6 Å². The van der Waals surface area contributed by atoms with Gasteiger partial charge in [-0.25, -0.2) is 4.98 Å². The highest BCUT2D eigenvalue weighted by Crippen LogP contribution is 2.33. The summed E-state index contributed by atoms with van der Waals surface area (Å²) in [5.41, 5.74) is 7.82. The summed E-state index contributed by atoms with van der Waals surface area (Å²) < 4.78 is 1.97. The lowest BCUT2D eigenvalue weighted by atomic mass is 10.1. The van der Waals surface area contributed by atoms with E-state index in [2.05, 4.69) is 25.4 Å². The first-order chi connectivity index (χ1) is 9.45. The molecule has 0 amide bonds. The van der Waals surface area contributed by atoms with Crippen LogP contribution in [0.2, 0.25) is 10.0 Å². The summed E-state index contributed by atoms with van der Waals surface area (Å²) >= 11 is 12.0. The van der Waals surface area contributed by atoms with Crippen molar-refractivity contribution in [2.24, 2.45) is 0 Å². The zero-order valence-corrected chi connectivity index (χ0v) is 13.0. The molecule has 0 saturated carbocycles. The molecule has 0 aliphatic rings. The van der Waals surface area contributed by atoms with Crippen LogP contribution in [0.25, 0.3) is 11.3 Å². The smallest absolute Gasteiger partial charge is 0.132 e. The number of hydrogen-bond donors (Lipinski definition) is 1. The lowest BCUT2D eigenvalue weighted by Crippen LogP contribution is -2.07. The molecule has 1 heterocycles. The molecule has 20 heavy (non-hydrogen) atoms. The molecule has 1 aromatic heterocycles. The zero-order chi connectivity index (χ0) is 14.9. The lowest BCUT2D eigenvalue weighted by Gasteiger charge is -2.09. The molecule has 0 fully saturated rings. The van der Waals surface area contributed by atoms with E-state index in [1.807, 2.05) is 16.7 Å². The van der Waals surface area contributed by atoms with E-state index in [-0.39, 0.29) is 5.92 Å². The minimum atomic E-state index is 0.272. The second-order valence-electron chi connectivity index (χ2n) is 4.89. The summed E-state index contributed by atoms with van der Waals surface area (Å²) in [5.74, 6) is 1.82. The van der Waals surface area contributed by atoms with Crippen LogP contribution in [0, 0.1) is 0 Å². The Hall–Kier alpha value is -1.45. The van der Waals surface area contributed by atoms with Gasteiger partial charge in [-0.15, -0.1) is 6.58 Å². The molecule has 0 aliphatic carbocycles. The Bertz CT molecular complexity index is 645. The van der Waals surface area contributed by atoms with E-state index in [9.17, 15) is 0 Å². The molecule has 0 atom stereocenters. The van der Waals surface area contributed by atoms with E-state index in [0.717, 1.165) is 17.1 Å². The molecule has 0 saturated heterocycles. The fourth-order valence-electron chi connectivity index (χ4n) is 2.10. The van der Waals surface area contributed by atoms with E-state index in [4.69, 9.17) is 28.9 Å². The number of nitrogens with zero attached hydrogens (tertiary/aromatic N) is 2. The molecule has 0 aliphatic heterocycles. The molecule has 1 aromatic carbocycles. The molecule has 0 unspecified atom stereocenters. The van der Waals surface area contributed by atoms with E-state index in [0.29, 0.717) is 22.4 Å². The number of allylic oxidation sites excluding steroid dienone is 1. The van der Waals surface area contributed by atoms with Gasteiger partial charge in [-0.3, -0.25) is 0 Å². The van der Waals surface area contributed by atoms with Gasteiger partial charge < -0.3 is 10.3 Å². The number of imidazole rings is 1. The average molecular weight is 310 g/mol. The van der Waals surface area contributed by atoms with E-state index in [1.54, 1.807) is 12.1 Å². The summed E-state index contributed by atoms with van der Waals surface area (Å²) in [7, 11) is 0. The quantitative estimate of drug-likeness (QED) is 0.828. The van der Waals surface area contributed by atoms with Gasteiger partial charge in [-0.1, -0.05) is 49.2 Å². The first-order valence-electron chi connectivity index (χ1n) is 6.38. The van der Waals surface area contributed by atoms with Gasteiger partial charge in [0.15, 0.2) is 0 Å². The monoisotopic (exact) mass is 309 g/mol. The zero-order valence-electron chi connectivity index (χ0n) is 11.5. The van der Waals surface area contributed by atoms with Crippen LogP contribution in [-0.4, -0.2) is 9.55 Å². The fraction of sp³-hybridized carbons (Fsp3) is 0.267. The maximum atomic E-state index is 6.22. The molecule has 0 bridgehead atoms. The van der Waals surface area contributed by atoms with Crippen molar-refractivity contribution in [1.29, 1.82) is 0 Å².